The summed E-state index contributed by atoms with van der Waals surface area (Å²) in [5.74, 6) is 2.52. The molecule has 6 aliphatic rings. The van der Waals surface area contributed by atoms with Crippen LogP contribution in [-0.2, 0) is 9.59 Å². The number of fused-ring (bicyclic) bond motifs is 7. The van der Waals surface area contributed by atoms with Crippen LogP contribution in [0, 0.1) is 56.7 Å². The molecule has 2 N–H and O–H groups in total. The molecule has 0 bridgehead atoms. The summed E-state index contributed by atoms with van der Waals surface area (Å²) in [6, 6.07) is 0. The highest BCUT2D eigenvalue weighted by Gasteiger charge is 2.71. The lowest BCUT2D eigenvalue weighted by molar-refractivity contribution is -0.228. The van der Waals surface area contributed by atoms with Crippen molar-refractivity contribution in [2.24, 2.45) is 56.7 Å². The van der Waals surface area contributed by atoms with Gasteiger partial charge in [0.25, 0.3) is 0 Å². The number of carbonyl (C=O) groups excluding carboxylic acids is 2. The van der Waals surface area contributed by atoms with Crippen molar-refractivity contribution in [3.8, 4) is 0 Å². The van der Waals surface area contributed by atoms with E-state index in [-0.39, 0.29) is 50.9 Å². The van der Waals surface area contributed by atoms with Crippen molar-refractivity contribution in [2.75, 3.05) is 0 Å². The highest BCUT2D eigenvalue weighted by atomic mass is 16.3. The van der Waals surface area contributed by atoms with Crippen LogP contribution in [0.4, 0.5) is 0 Å². The van der Waals surface area contributed by atoms with Crippen LogP contribution in [0.1, 0.15) is 133 Å². The van der Waals surface area contributed by atoms with E-state index in [2.05, 4.69) is 67.6 Å². The van der Waals surface area contributed by atoms with Crippen LogP contribution < -0.4 is 5.32 Å². The monoisotopic (exact) mass is 551 g/mol. The number of ketones is 1. The third-order valence-corrected chi connectivity index (χ3v) is 14.9. The molecular formula is C36H57NO3. The number of Topliss-reactive ketones (excluding diaryl/α,β-unsaturated/α-hetero) is 1. The number of aliphatic hydroxyl groups excluding tert-OH is 1. The van der Waals surface area contributed by atoms with Crippen molar-refractivity contribution in [1.29, 1.82) is 0 Å². The summed E-state index contributed by atoms with van der Waals surface area (Å²) < 4.78 is 0. The Kier molecular flexibility index (Phi) is 6.29. The molecule has 40 heavy (non-hydrogen) atoms. The Bertz CT molecular complexity index is 1140. The SMILES string of the molecule is CC(C)C1=C2[C@H]3CCC4[C@@]5(C)CC[C@H](O)C(C)(C)C5CC[C@@]4(C)[C@]3(C)CC[C@@]2(C(=O)NC(C)(C)C2CC2)CC1=O. The lowest BCUT2D eigenvalue weighted by atomic mass is 9.33. The van der Waals surface area contributed by atoms with Crippen molar-refractivity contribution in [1.82, 2.24) is 5.32 Å². The van der Waals surface area contributed by atoms with E-state index in [0.717, 1.165) is 37.7 Å². The minimum Gasteiger partial charge on any atom is -0.393 e. The second kappa shape index (κ2) is 8.70. The second-order valence-corrected chi connectivity index (χ2v) is 17.6. The van der Waals surface area contributed by atoms with E-state index in [4.69, 9.17) is 0 Å². The molecule has 2 unspecified atom stereocenters. The number of aliphatic hydroxyl groups is 1. The van der Waals surface area contributed by atoms with E-state index in [1.807, 2.05) is 0 Å². The largest absolute Gasteiger partial charge is 0.393 e. The van der Waals surface area contributed by atoms with Crippen LogP contribution in [0.15, 0.2) is 11.1 Å². The first-order valence-electron chi connectivity index (χ1n) is 16.7. The third kappa shape index (κ3) is 3.59. The predicted molar refractivity (Wildman–Crippen MR) is 160 cm³/mol. The first-order chi connectivity index (χ1) is 18.5. The van der Waals surface area contributed by atoms with Gasteiger partial charge in [0.05, 0.1) is 11.5 Å². The number of amides is 1. The molecule has 0 aliphatic heterocycles. The predicted octanol–water partition coefficient (Wildman–Crippen LogP) is 7.63. The molecule has 5 fully saturated rings. The third-order valence-electron chi connectivity index (χ3n) is 14.9. The van der Waals surface area contributed by atoms with Gasteiger partial charge in [-0.05, 0) is 140 Å². The van der Waals surface area contributed by atoms with Gasteiger partial charge in [-0.3, -0.25) is 9.59 Å². The molecule has 0 saturated heterocycles. The summed E-state index contributed by atoms with van der Waals surface area (Å²) in [5.41, 5.74) is 1.80. The molecule has 224 valence electrons. The fourth-order valence-corrected chi connectivity index (χ4v) is 12.2. The number of allylic oxidation sites excluding steroid dienone is 1. The molecule has 0 heterocycles. The Balaban J connectivity index is 1.41. The molecule has 0 radical (unpaired) electrons. The highest BCUT2D eigenvalue weighted by Crippen LogP contribution is 2.76. The molecular weight excluding hydrogens is 494 g/mol. The van der Waals surface area contributed by atoms with Crippen molar-refractivity contribution in [3.05, 3.63) is 11.1 Å². The van der Waals surface area contributed by atoms with E-state index in [0.29, 0.717) is 30.1 Å². The summed E-state index contributed by atoms with van der Waals surface area (Å²) >= 11 is 0. The van der Waals surface area contributed by atoms with Crippen LogP contribution in [0.3, 0.4) is 0 Å². The Labute approximate surface area is 243 Å². The maximum atomic E-state index is 14.4. The van der Waals surface area contributed by atoms with Gasteiger partial charge in [-0.2, -0.15) is 0 Å². The highest BCUT2D eigenvalue weighted by molar-refractivity contribution is 6.07. The van der Waals surface area contributed by atoms with Crippen molar-refractivity contribution in [3.63, 3.8) is 0 Å². The van der Waals surface area contributed by atoms with Gasteiger partial charge >= 0.3 is 0 Å². The van der Waals surface area contributed by atoms with Crippen LogP contribution in [0.25, 0.3) is 0 Å². The van der Waals surface area contributed by atoms with E-state index in [1.165, 1.54) is 37.7 Å². The van der Waals surface area contributed by atoms with E-state index in [9.17, 15) is 14.7 Å². The maximum absolute atomic E-state index is 14.4. The summed E-state index contributed by atoms with van der Waals surface area (Å²) in [7, 11) is 0. The zero-order chi connectivity index (χ0) is 29.3. The van der Waals surface area contributed by atoms with E-state index in [1.54, 1.807) is 0 Å². The molecule has 6 rings (SSSR count). The van der Waals surface area contributed by atoms with Crippen LogP contribution in [0.5, 0.6) is 0 Å². The van der Waals surface area contributed by atoms with E-state index < -0.39 is 5.41 Å². The molecule has 0 aromatic carbocycles. The zero-order valence-electron chi connectivity index (χ0n) is 27.0. The Hall–Kier alpha value is -1.16. The molecule has 0 aromatic heterocycles. The molecule has 0 aromatic rings. The zero-order valence-corrected chi connectivity index (χ0v) is 27.0. The minimum atomic E-state index is -0.658. The summed E-state index contributed by atoms with van der Waals surface area (Å²) in [6.45, 7) is 21.1. The van der Waals surface area contributed by atoms with Crippen molar-refractivity contribution >= 4 is 11.7 Å². The Morgan fingerprint density at radius 1 is 0.875 bits per heavy atom. The fourth-order valence-electron chi connectivity index (χ4n) is 12.2. The molecule has 1 amide bonds. The number of carbonyl (C=O) groups is 2. The number of rotatable bonds is 4. The number of hydrogen-bond acceptors (Lipinski definition) is 3. The maximum Gasteiger partial charge on any atom is 0.231 e. The molecule has 4 nitrogen and oxygen atoms in total. The van der Waals surface area contributed by atoms with Crippen LogP contribution in [-0.4, -0.2) is 28.4 Å². The van der Waals surface area contributed by atoms with Gasteiger partial charge in [-0.15, -0.1) is 0 Å². The topological polar surface area (TPSA) is 66.4 Å². The average molecular weight is 552 g/mol. The summed E-state index contributed by atoms with van der Waals surface area (Å²) in [5, 5.41) is 14.5. The minimum absolute atomic E-state index is 0.0501. The summed E-state index contributed by atoms with van der Waals surface area (Å²) in [6.07, 6.45) is 11.0. The van der Waals surface area contributed by atoms with E-state index >= 15 is 0 Å². The first-order valence-corrected chi connectivity index (χ1v) is 16.7. The normalized spacial score (nSPS) is 46.4. The van der Waals surface area contributed by atoms with Gasteiger partial charge in [0.1, 0.15) is 0 Å². The summed E-state index contributed by atoms with van der Waals surface area (Å²) in [4.78, 5) is 28.2. The first kappa shape index (κ1) is 28.9. The standard InChI is InChI=1S/C36H57NO3/c1-21(2)28-24(38)20-36(30(40)37-32(5,6)22-10-11-22)19-18-34(8)23(29(28)36)12-13-26-33(7)16-15-27(39)31(3,4)25(33)14-17-35(26,34)9/h21-23,25-27,39H,10-20H2,1-9H3,(H,37,40)/t23-,25?,26?,27+,33+,34-,35-,36-/m1/s1. The average Bonchev–Trinajstić information content (AvgIpc) is 3.66. The lowest BCUT2D eigenvalue weighted by Gasteiger charge is -2.72. The molecule has 6 aliphatic carbocycles. The number of hydrogen-bond donors (Lipinski definition) is 2. The van der Waals surface area contributed by atoms with Crippen LogP contribution >= 0.6 is 0 Å². The molecule has 8 atom stereocenters. The number of nitrogens with one attached hydrogen (secondary N) is 1. The van der Waals surface area contributed by atoms with Crippen molar-refractivity contribution < 1.29 is 14.7 Å². The molecule has 4 heteroatoms. The van der Waals surface area contributed by atoms with Crippen molar-refractivity contribution in [2.45, 2.75) is 145 Å². The second-order valence-electron chi connectivity index (χ2n) is 17.6. The molecule has 0 spiro atoms. The van der Waals surface area contributed by atoms with Gasteiger partial charge in [0, 0.05) is 12.0 Å². The Morgan fingerprint density at radius 2 is 1.55 bits per heavy atom. The smallest absolute Gasteiger partial charge is 0.231 e. The van der Waals surface area contributed by atoms with Gasteiger partial charge in [0.15, 0.2) is 5.78 Å². The van der Waals surface area contributed by atoms with Gasteiger partial charge in [-0.25, -0.2) is 0 Å². The van der Waals surface area contributed by atoms with Gasteiger partial charge in [0.2, 0.25) is 5.91 Å². The van der Waals surface area contributed by atoms with Gasteiger partial charge < -0.3 is 10.4 Å². The Morgan fingerprint density at radius 3 is 2.17 bits per heavy atom. The lowest BCUT2D eigenvalue weighted by Crippen LogP contribution is -2.66. The quantitative estimate of drug-likeness (QED) is 0.377. The van der Waals surface area contributed by atoms with Gasteiger partial charge in [-0.1, -0.05) is 48.5 Å². The van der Waals surface area contributed by atoms with Crippen LogP contribution in [0.2, 0.25) is 0 Å². The molecule has 5 saturated carbocycles. The fraction of sp³-hybridized carbons (Fsp3) is 0.889.